The smallest absolute Gasteiger partial charge is 0.0647 e. The number of hydrogen-bond donors (Lipinski definition) is 1. The highest BCUT2D eigenvalue weighted by Crippen LogP contribution is 2.28. The summed E-state index contributed by atoms with van der Waals surface area (Å²) in [6.45, 7) is 0.0424. The lowest BCUT2D eigenvalue weighted by Gasteiger charge is -2.11. The summed E-state index contributed by atoms with van der Waals surface area (Å²) in [4.78, 5) is 2.84. The Morgan fingerprint density at radius 2 is 2.19 bits per heavy atom. The fourth-order valence-corrected chi connectivity index (χ4v) is 2.27. The molecule has 1 N–H and O–H groups in total. The molecular formula is C12H15N3O. The SMILES string of the molecule is [N-]=[N+]=NC(CCO)c1ccc2c(c1)CCC2. The van der Waals surface area contributed by atoms with Gasteiger partial charge in [-0.05, 0) is 47.9 Å². The van der Waals surface area contributed by atoms with Gasteiger partial charge in [-0.3, -0.25) is 0 Å². The molecule has 1 aliphatic carbocycles. The first-order valence-electron chi connectivity index (χ1n) is 5.62. The lowest BCUT2D eigenvalue weighted by molar-refractivity contribution is 0.276. The summed E-state index contributed by atoms with van der Waals surface area (Å²) in [6.07, 6.45) is 3.97. The van der Waals surface area contributed by atoms with E-state index >= 15 is 0 Å². The van der Waals surface area contributed by atoms with E-state index in [1.54, 1.807) is 0 Å². The highest BCUT2D eigenvalue weighted by Gasteiger charge is 2.14. The van der Waals surface area contributed by atoms with E-state index in [9.17, 15) is 0 Å². The van der Waals surface area contributed by atoms with Crippen LogP contribution >= 0.6 is 0 Å². The quantitative estimate of drug-likeness (QED) is 0.470. The monoisotopic (exact) mass is 217 g/mol. The minimum absolute atomic E-state index is 0.0424. The highest BCUT2D eigenvalue weighted by atomic mass is 16.3. The summed E-state index contributed by atoms with van der Waals surface area (Å²) in [5.74, 6) is 0. The number of rotatable bonds is 4. The van der Waals surface area contributed by atoms with Gasteiger partial charge in [0.05, 0.1) is 6.04 Å². The molecule has 0 aliphatic heterocycles. The minimum Gasteiger partial charge on any atom is -0.396 e. The van der Waals surface area contributed by atoms with Crippen LogP contribution < -0.4 is 0 Å². The molecule has 0 radical (unpaired) electrons. The van der Waals surface area contributed by atoms with Gasteiger partial charge in [-0.25, -0.2) is 0 Å². The van der Waals surface area contributed by atoms with Crippen LogP contribution in [0.1, 0.15) is 35.6 Å². The van der Waals surface area contributed by atoms with E-state index in [4.69, 9.17) is 10.6 Å². The number of fused-ring (bicyclic) bond motifs is 1. The van der Waals surface area contributed by atoms with Crippen LogP contribution in [-0.4, -0.2) is 11.7 Å². The van der Waals surface area contributed by atoms with Crippen LogP contribution in [0.2, 0.25) is 0 Å². The molecule has 1 aromatic rings. The predicted octanol–water partition coefficient (Wildman–Crippen LogP) is 2.91. The van der Waals surface area contributed by atoms with E-state index in [2.05, 4.69) is 22.2 Å². The zero-order valence-electron chi connectivity index (χ0n) is 9.13. The molecule has 1 atom stereocenters. The molecule has 0 spiro atoms. The second-order valence-corrected chi connectivity index (χ2v) is 4.11. The van der Waals surface area contributed by atoms with Crippen LogP contribution in [0.25, 0.3) is 10.4 Å². The molecule has 0 heterocycles. The molecular weight excluding hydrogens is 202 g/mol. The van der Waals surface area contributed by atoms with Crippen LogP contribution in [0, 0.1) is 0 Å². The summed E-state index contributed by atoms with van der Waals surface area (Å²) in [6, 6.07) is 6.02. The Labute approximate surface area is 94.5 Å². The van der Waals surface area contributed by atoms with Crippen molar-refractivity contribution in [1.29, 1.82) is 0 Å². The molecule has 1 aliphatic rings. The molecule has 1 aromatic carbocycles. The summed E-state index contributed by atoms with van der Waals surface area (Å²) in [5, 5.41) is 12.7. The van der Waals surface area contributed by atoms with Crippen LogP contribution in [-0.2, 0) is 12.8 Å². The largest absolute Gasteiger partial charge is 0.396 e. The molecule has 16 heavy (non-hydrogen) atoms. The standard InChI is InChI=1S/C12H15N3O/c13-15-14-12(6-7-16)11-5-4-9-2-1-3-10(9)8-11/h4-5,8,12,16H,1-3,6-7H2. The predicted molar refractivity (Wildman–Crippen MR) is 62.1 cm³/mol. The first-order chi connectivity index (χ1) is 7.85. The third kappa shape index (κ3) is 2.18. The van der Waals surface area contributed by atoms with Crippen molar-refractivity contribution in [3.63, 3.8) is 0 Å². The van der Waals surface area contributed by atoms with Gasteiger partial charge < -0.3 is 5.11 Å². The van der Waals surface area contributed by atoms with Gasteiger partial charge in [-0.1, -0.05) is 23.3 Å². The molecule has 0 aromatic heterocycles. The Kier molecular flexibility index (Phi) is 3.44. The first-order valence-corrected chi connectivity index (χ1v) is 5.62. The van der Waals surface area contributed by atoms with E-state index in [0.29, 0.717) is 6.42 Å². The maximum absolute atomic E-state index is 8.93. The van der Waals surface area contributed by atoms with Crippen LogP contribution in [0.5, 0.6) is 0 Å². The minimum atomic E-state index is -0.235. The Hall–Kier alpha value is -1.51. The van der Waals surface area contributed by atoms with Gasteiger partial charge in [-0.2, -0.15) is 0 Å². The molecule has 4 heteroatoms. The van der Waals surface area contributed by atoms with Crippen LogP contribution in [0.4, 0.5) is 0 Å². The van der Waals surface area contributed by atoms with Gasteiger partial charge in [0.2, 0.25) is 0 Å². The van der Waals surface area contributed by atoms with Gasteiger partial charge >= 0.3 is 0 Å². The number of aliphatic hydroxyl groups excluding tert-OH is 1. The summed E-state index contributed by atoms with van der Waals surface area (Å²) >= 11 is 0. The second kappa shape index (κ2) is 5.01. The number of aliphatic hydroxyl groups is 1. The summed E-state index contributed by atoms with van der Waals surface area (Å²) < 4.78 is 0. The fraction of sp³-hybridized carbons (Fsp3) is 0.500. The highest BCUT2D eigenvalue weighted by molar-refractivity contribution is 5.36. The van der Waals surface area contributed by atoms with Crippen molar-refractivity contribution in [3.05, 3.63) is 45.3 Å². The van der Waals surface area contributed by atoms with Gasteiger partial charge in [0.1, 0.15) is 0 Å². The lowest BCUT2D eigenvalue weighted by Crippen LogP contribution is -1.99. The third-order valence-electron chi connectivity index (χ3n) is 3.10. The lowest BCUT2D eigenvalue weighted by atomic mass is 10.00. The first kappa shape index (κ1) is 11.0. The van der Waals surface area contributed by atoms with Crippen molar-refractivity contribution in [1.82, 2.24) is 0 Å². The number of nitrogens with zero attached hydrogens (tertiary/aromatic N) is 3. The fourth-order valence-electron chi connectivity index (χ4n) is 2.27. The zero-order valence-corrected chi connectivity index (χ0v) is 9.13. The molecule has 4 nitrogen and oxygen atoms in total. The number of hydrogen-bond acceptors (Lipinski definition) is 2. The van der Waals surface area contributed by atoms with Crippen molar-refractivity contribution < 1.29 is 5.11 Å². The average molecular weight is 217 g/mol. The topological polar surface area (TPSA) is 69.0 Å². The Balaban J connectivity index is 2.27. The summed E-state index contributed by atoms with van der Waals surface area (Å²) in [7, 11) is 0. The summed E-state index contributed by atoms with van der Waals surface area (Å²) in [5.41, 5.74) is 12.3. The van der Waals surface area contributed by atoms with Gasteiger partial charge in [0.25, 0.3) is 0 Å². The van der Waals surface area contributed by atoms with E-state index < -0.39 is 0 Å². The molecule has 0 amide bonds. The third-order valence-corrected chi connectivity index (χ3v) is 3.10. The second-order valence-electron chi connectivity index (χ2n) is 4.11. The van der Waals surface area contributed by atoms with Crippen molar-refractivity contribution in [3.8, 4) is 0 Å². The van der Waals surface area contributed by atoms with Gasteiger partial charge in [0.15, 0.2) is 0 Å². The molecule has 84 valence electrons. The molecule has 0 bridgehead atoms. The van der Waals surface area contributed by atoms with E-state index in [1.807, 2.05) is 6.07 Å². The zero-order chi connectivity index (χ0) is 11.4. The Bertz CT molecular complexity index is 424. The van der Waals surface area contributed by atoms with Crippen molar-refractivity contribution in [2.24, 2.45) is 5.11 Å². The molecule has 0 saturated carbocycles. The molecule has 0 fully saturated rings. The maximum Gasteiger partial charge on any atom is 0.0647 e. The van der Waals surface area contributed by atoms with E-state index in [-0.39, 0.29) is 12.6 Å². The Morgan fingerprint density at radius 1 is 1.38 bits per heavy atom. The average Bonchev–Trinajstić information content (AvgIpc) is 2.75. The molecule has 1 unspecified atom stereocenters. The molecule has 2 rings (SSSR count). The van der Waals surface area contributed by atoms with Gasteiger partial charge in [0, 0.05) is 11.5 Å². The van der Waals surface area contributed by atoms with Crippen molar-refractivity contribution in [2.75, 3.05) is 6.61 Å². The Morgan fingerprint density at radius 3 is 2.94 bits per heavy atom. The van der Waals surface area contributed by atoms with Crippen molar-refractivity contribution >= 4 is 0 Å². The van der Waals surface area contributed by atoms with Crippen LogP contribution in [0.3, 0.4) is 0 Å². The normalized spacial score (nSPS) is 15.3. The number of azide groups is 1. The molecule has 0 saturated heterocycles. The van der Waals surface area contributed by atoms with E-state index in [1.165, 1.54) is 17.5 Å². The van der Waals surface area contributed by atoms with Crippen LogP contribution in [0.15, 0.2) is 23.3 Å². The van der Waals surface area contributed by atoms with Gasteiger partial charge in [-0.15, -0.1) is 0 Å². The number of benzene rings is 1. The van der Waals surface area contributed by atoms with Crippen molar-refractivity contribution in [2.45, 2.75) is 31.7 Å². The number of aryl methyl sites for hydroxylation is 2. The van der Waals surface area contributed by atoms with E-state index in [0.717, 1.165) is 18.4 Å². The maximum atomic E-state index is 8.93.